The van der Waals surface area contributed by atoms with Crippen LogP contribution in [0.5, 0.6) is 0 Å². The third-order valence-corrected chi connectivity index (χ3v) is 3.92. The third-order valence-electron chi connectivity index (χ3n) is 3.92. The molecule has 1 aromatic heterocycles. The van der Waals surface area contributed by atoms with Crippen molar-refractivity contribution in [3.8, 4) is 0 Å². The Kier molecular flexibility index (Phi) is 3.01. The summed E-state index contributed by atoms with van der Waals surface area (Å²) in [5.41, 5.74) is 2.49. The fourth-order valence-corrected chi connectivity index (χ4v) is 2.79. The maximum absolute atomic E-state index is 12.6. The van der Waals surface area contributed by atoms with Gasteiger partial charge in [0.15, 0.2) is 5.78 Å². The van der Waals surface area contributed by atoms with Gasteiger partial charge in [-0.2, -0.15) is 0 Å². The van der Waals surface area contributed by atoms with Crippen molar-refractivity contribution >= 4 is 16.7 Å². The normalized spacial score (nSPS) is 19.6. The van der Waals surface area contributed by atoms with Gasteiger partial charge in [-0.05, 0) is 31.4 Å². The Labute approximate surface area is 116 Å². The predicted octanol–water partition coefficient (Wildman–Crippen LogP) is 2.56. The minimum absolute atomic E-state index is 0.0529. The molecule has 0 N–H and O–H groups in total. The van der Waals surface area contributed by atoms with Crippen LogP contribution in [-0.2, 0) is 4.79 Å². The predicted molar refractivity (Wildman–Crippen MR) is 77.8 cm³/mol. The number of allylic oxidation sites excluding steroid dienone is 1. The first-order valence-corrected chi connectivity index (χ1v) is 6.74. The number of aryl methyl sites for hydroxylation is 1. The fraction of sp³-hybridized carbons (Fsp3) is 0.312. The average Bonchev–Trinajstić information content (AvgIpc) is 2.41. The van der Waals surface area contributed by atoms with Crippen LogP contribution in [0.3, 0.4) is 0 Å². The van der Waals surface area contributed by atoms with E-state index < -0.39 is 6.04 Å². The lowest BCUT2D eigenvalue weighted by Gasteiger charge is -2.24. The molecule has 0 aliphatic heterocycles. The Bertz CT molecular complexity index is 774. The van der Waals surface area contributed by atoms with Gasteiger partial charge in [-0.3, -0.25) is 14.2 Å². The molecule has 1 aliphatic carbocycles. The van der Waals surface area contributed by atoms with Gasteiger partial charge in [-0.15, -0.1) is 0 Å². The summed E-state index contributed by atoms with van der Waals surface area (Å²) >= 11 is 0. The lowest BCUT2D eigenvalue weighted by Crippen LogP contribution is -2.32. The number of benzene rings is 1. The summed E-state index contributed by atoms with van der Waals surface area (Å²) in [4.78, 5) is 29.0. The summed E-state index contributed by atoms with van der Waals surface area (Å²) in [6.45, 7) is 5.78. The van der Waals surface area contributed by atoms with Crippen LogP contribution in [0.1, 0.15) is 30.9 Å². The lowest BCUT2D eigenvalue weighted by molar-refractivity contribution is -0.122. The van der Waals surface area contributed by atoms with Gasteiger partial charge in [-0.25, -0.2) is 4.98 Å². The second-order valence-corrected chi connectivity index (χ2v) is 5.38. The Morgan fingerprint density at radius 1 is 1.35 bits per heavy atom. The number of carbonyl (C=O) groups excluding carboxylic acids is 1. The largest absolute Gasteiger partial charge is 0.297 e. The van der Waals surface area contributed by atoms with Crippen LogP contribution in [0.4, 0.5) is 0 Å². The number of hydrogen-bond donors (Lipinski definition) is 0. The van der Waals surface area contributed by atoms with Crippen LogP contribution in [-0.4, -0.2) is 15.3 Å². The zero-order valence-corrected chi connectivity index (χ0v) is 11.4. The van der Waals surface area contributed by atoms with Crippen molar-refractivity contribution in [2.45, 2.75) is 32.2 Å². The van der Waals surface area contributed by atoms with E-state index in [9.17, 15) is 9.59 Å². The Balaban J connectivity index is 2.14. The first kappa shape index (κ1) is 12.8. The van der Waals surface area contributed by atoms with E-state index in [0.717, 1.165) is 17.6 Å². The molecule has 102 valence electrons. The molecular weight excluding hydrogens is 252 g/mol. The smallest absolute Gasteiger partial charge is 0.261 e. The SMILES string of the molecule is C=C1CCC(n2cnc3c(C)cccc3c2=O)C(=O)C1. The van der Waals surface area contributed by atoms with Gasteiger partial charge in [0, 0.05) is 6.42 Å². The number of carbonyl (C=O) groups is 1. The molecule has 3 rings (SSSR count). The highest BCUT2D eigenvalue weighted by molar-refractivity contribution is 5.86. The van der Waals surface area contributed by atoms with Crippen molar-refractivity contribution in [1.29, 1.82) is 0 Å². The monoisotopic (exact) mass is 268 g/mol. The molecule has 4 nitrogen and oxygen atoms in total. The van der Waals surface area contributed by atoms with E-state index in [-0.39, 0.29) is 11.3 Å². The molecule has 0 radical (unpaired) electrons. The van der Waals surface area contributed by atoms with Crippen LogP contribution in [0, 0.1) is 6.92 Å². The van der Waals surface area contributed by atoms with Gasteiger partial charge in [-0.1, -0.05) is 24.3 Å². The highest BCUT2D eigenvalue weighted by atomic mass is 16.1. The van der Waals surface area contributed by atoms with Crippen molar-refractivity contribution in [1.82, 2.24) is 9.55 Å². The zero-order chi connectivity index (χ0) is 14.3. The summed E-state index contributed by atoms with van der Waals surface area (Å²) in [5, 5.41) is 0.574. The Hall–Kier alpha value is -2.23. The number of fused-ring (bicyclic) bond motifs is 1. The van der Waals surface area contributed by atoms with Gasteiger partial charge in [0.25, 0.3) is 5.56 Å². The second-order valence-electron chi connectivity index (χ2n) is 5.38. The molecule has 1 heterocycles. The second kappa shape index (κ2) is 4.71. The molecule has 20 heavy (non-hydrogen) atoms. The summed E-state index contributed by atoms with van der Waals surface area (Å²) < 4.78 is 1.48. The minimum Gasteiger partial charge on any atom is -0.297 e. The van der Waals surface area contributed by atoms with E-state index in [1.807, 2.05) is 19.1 Å². The van der Waals surface area contributed by atoms with Gasteiger partial charge in [0.2, 0.25) is 0 Å². The molecule has 1 atom stereocenters. The Morgan fingerprint density at radius 2 is 2.15 bits per heavy atom. The molecular formula is C16H16N2O2. The number of rotatable bonds is 1. The molecule has 1 unspecified atom stereocenters. The summed E-state index contributed by atoms with van der Waals surface area (Å²) in [5.74, 6) is 0.0529. The van der Waals surface area contributed by atoms with Gasteiger partial charge in [0.05, 0.1) is 23.3 Å². The van der Waals surface area contributed by atoms with Crippen LogP contribution in [0.25, 0.3) is 10.9 Å². The molecule has 0 spiro atoms. The Morgan fingerprint density at radius 3 is 2.90 bits per heavy atom. The lowest BCUT2D eigenvalue weighted by atomic mass is 9.90. The van der Waals surface area contributed by atoms with Crippen LogP contribution >= 0.6 is 0 Å². The van der Waals surface area contributed by atoms with E-state index >= 15 is 0 Å². The molecule has 4 heteroatoms. The highest BCUT2D eigenvalue weighted by Gasteiger charge is 2.26. The zero-order valence-electron chi connectivity index (χ0n) is 11.4. The number of nitrogens with zero attached hydrogens (tertiary/aromatic N) is 2. The van der Waals surface area contributed by atoms with Crippen LogP contribution < -0.4 is 5.56 Å². The van der Waals surface area contributed by atoms with Crippen molar-refractivity contribution in [2.24, 2.45) is 0 Å². The molecule has 0 saturated heterocycles. The van der Waals surface area contributed by atoms with Gasteiger partial charge in [0.1, 0.15) is 0 Å². The minimum atomic E-state index is -0.398. The number of hydrogen-bond acceptors (Lipinski definition) is 3. The number of para-hydroxylation sites is 1. The number of aromatic nitrogens is 2. The van der Waals surface area contributed by atoms with Gasteiger partial charge >= 0.3 is 0 Å². The topological polar surface area (TPSA) is 52.0 Å². The average molecular weight is 268 g/mol. The maximum Gasteiger partial charge on any atom is 0.261 e. The van der Waals surface area contributed by atoms with E-state index in [1.165, 1.54) is 10.9 Å². The molecule has 0 bridgehead atoms. The van der Waals surface area contributed by atoms with Crippen LogP contribution in [0.15, 0.2) is 41.5 Å². The van der Waals surface area contributed by atoms with E-state index in [2.05, 4.69) is 11.6 Å². The fourth-order valence-electron chi connectivity index (χ4n) is 2.79. The molecule has 1 aromatic carbocycles. The number of ketones is 1. The first-order chi connectivity index (χ1) is 9.58. The summed E-state index contributed by atoms with van der Waals surface area (Å²) in [6.07, 6.45) is 3.29. The summed E-state index contributed by atoms with van der Waals surface area (Å²) in [7, 11) is 0. The summed E-state index contributed by atoms with van der Waals surface area (Å²) in [6, 6.07) is 5.13. The molecule has 0 amide bonds. The van der Waals surface area contributed by atoms with Crippen LogP contribution in [0.2, 0.25) is 0 Å². The maximum atomic E-state index is 12.6. The quantitative estimate of drug-likeness (QED) is 0.747. The van der Waals surface area contributed by atoms with Crippen molar-refractivity contribution < 1.29 is 4.79 Å². The standard InChI is InChI=1S/C16H16N2O2/c1-10-6-7-13(14(19)8-10)18-9-17-15-11(2)4-3-5-12(15)16(18)20/h3-5,9,13H,1,6-8H2,2H3. The van der Waals surface area contributed by atoms with Crippen molar-refractivity contribution in [2.75, 3.05) is 0 Å². The molecule has 1 aliphatic rings. The molecule has 2 aromatic rings. The molecule has 1 saturated carbocycles. The van der Waals surface area contributed by atoms with Crippen molar-refractivity contribution in [3.05, 3.63) is 52.6 Å². The first-order valence-electron chi connectivity index (χ1n) is 6.74. The van der Waals surface area contributed by atoms with E-state index in [4.69, 9.17) is 0 Å². The third kappa shape index (κ3) is 1.97. The van der Waals surface area contributed by atoms with Crippen molar-refractivity contribution in [3.63, 3.8) is 0 Å². The highest BCUT2D eigenvalue weighted by Crippen LogP contribution is 2.27. The van der Waals surface area contributed by atoms with Gasteiger partial charge < -0.3 is 0 Å². The van der Waals surface area contributed by atoms with E-state index in [0.29, 0.717) is 23.7 Å². The van der Waals surface area contributed by atoms with E-state index in [1.54, 1.807) is 6.07 Å². The number of Topliss-reactive ketones (excluding diaryl/α,β-unsaturated/α-hetero) is 1. The molecule has 1 fully saturated rings.